The maximum atomic E-state index is 12.4. The maximum absolute atomic E-state index is 12.4. The molecule has 0 saturated carbocycles. The highest BCUT2D eigenvalue weighted by Crippen LogP contribution is 2.14. The van der Waals surface area contributed by atoms with Gasteiger partial charge in [0.15, 0.2) is 5.76 Å². The summed E-state index contributed by atoms with van der Waals surface area (Å²) in [6, 6.07) is 10.2. The lowest BCUT2D eigenvalue weighted by Gasteiger charge is -2.10. The number of hydrogen-bond acceptors (Lipinski definition) is 5. The van der Waals surface area contributed by atoms with E-state index in [0.717, 1.165) is 4.47 Å². The van der Waals surface area contributed by atoms with Gasteiger partial charge < -0.3 is 19.8 Å². The summed E-state index contributed by atoms with van der Waals surface area (Å²) in [6.07, 6.45) is 2.85. The van der Waals surface area contributed by atoms with Crippen LogP contribution in [0.1, 0.15) is 23.0 Å². The Balaban J connectivity index is 2.18. The van der Waals surface area contributed by atoms with E-state index in [9.17, 15) is 14.4 Å². The zero-order valence-corrected chi connectivity index (χ0v) is 15.5. The van der Waals surface area contributed by atoms with Gasteiger partial charge in [0, 0.05) is 4.47 Å². The van der Waals surface area contributed by atoms with Crippen LogP contribution >= 0.6 is 15.9 Å². The van der Waals surface area contributed by atoms with Gasteiger partial charge in [0.1, 0.15) is 12.2 Å². The smallest absolute Gasteiger partial charge is 0.325 e. The third-order valence-electron chi connectivity index (χ3n) is 3.10. The molecule has 136 valence electrons. The van der Waals surface area contributed by atoms with Gasteiger partial charge in [-0.05, 0) is 42.8 Å². The second kappa shape index (κ2) is 9.57. The first-order valence-corrected chi connectivity index (χ1v) is 8.55. The number of furan rings is 1. The lowest BCUT2D eigenvalue weighted by molar-refractivity contribution is -0.143. The van der Waals surface area contributed by atoms with E-state index in [-0.39, 0.29) is 24.6 Å². The van der Waals surface area contributed by atoms with E-state index in [2.05, 4.69) is 26.6 Å². The Bertz CT molecular complexity index is 815. The molecule has 0 spiro atoms. The number of carbonyl (C=O) groups excluding carboxylic acids is 3. The number of carbonyl (C=O) groups is 3. The summed E-state index contributed by atoms with van der Waals surface area (Å²) in [6.45, 7) is 1.58. The molecule has 2 N–H and O–H groups in total. The number of hydrogen-bond donors (Lipinski definition) is 2. The summed E-state index contributed by atoms with van der Waals surface area (Å²) in [5.74, 6) is -1.72. The highest BCUT2D eigenvalue weighted by atomic mass is 79.9. The molecule has 7 nitrogen and oxygen atoms in total. The van der Waals surface area contributed by atoms with Crippen molar-refractivity contribution in [3.05, 3.63) is 64.2 Å². The summed E-state index contributed by atoms with van der Waals surface area (Å²) in [4.78, 5) is 36.0. The third-order valence-corrected chi connectivity index (χ3v) is 3.59. The molecule has 26 heavy (non-hydrogen) atoms. The van der Waals surface area contributed by atoms with Crippen molar-refractivity contribution in [1.82, 2.24) is 10.6 Å². The number of nitrogens with one attached hydrogen (secondary N) is 2. The van der Waals surface area contributed by atoms with Crippen molar-refractivity contribution in [2.45, 2.75) is 6.92 Å². The fraction of sp³-hybridized carbons (Fsp3) is 0.167. The third kappa shape index (κ3) is 5.89. The number of esters is 1. The van der Waals surface area contributed by atoms with Gasteiger partial charge in [0.2, 0.25) is 0 Å². The topological polar surface area (TPSA) is 97.6 Å². The Hall–Kier alpha value is -2.87. The predicted octanol–water partition coefficient (Wildman–Crippen LogP) is 2.49. The van der Waals surface area contributed by atoms with Crippen molar-refractivity contribution in [2.24, 2.45) is 0 Å². The lowest BCUT2D eigenvalue weighted by Crippen LogP contribution is -2.37. The van der Waals surface area contributed by atoms with E-state index < -0.39 is 17.8 Å². The quantitative estimate of drug-likeness (QED) is 0.529. The summed E-state index contributed by atoms with van der Waals surface area (Å²) >= 11 is 3.35. The minimum atomic E-state index is -0.627. The van der Waals surface area contributed by atoms with Crippen LogP contribution in [0.5, 0.6) is 0 Å². The molecule has 8 heteroatoms. The van der Waals surface area contributed by atoms with Crippen molar-refractivity contribution < 1.29 is 23.5 Å². The van der Waals surface area contributed by atoms with Gasteiger partial charge in [0.25, 0.3) is 11.8 Å². The molecule has 0 unspecified atom stereocenters. The number of rotatable bonds is 7. The molecule has 0 aliphatic carbocycles. The molecule has 0 radical (unpaired) electrons. The first-order chi connectivity index (χ1) is 12.5. The van der Waals surface area contributed by atoms with Crippen LogP contribution in [-0.2, 0) is 14.3 Å². The molecule has 0 aliphatic rings. The van der Waals surface area contributed by atoms with Crippen molar-refractivity contribution in [3.8, 4) is 0 Å². The summed E-state index contributed by atoms with van der Waals surface area (Å²) in [5.41, 5.74) is 0.647. The average Bonchev–Trinajstić information content (AvgIpc) is 3.14. The Morgan fingerprint density at radius 3 is 2.69 bits per heavy atom. The Labute approximate surface area is 158 Å². The zero-order chi connectivity index (χ0) is 18.9. The predicted molar refractivity (Wildman–Crippen MR) is 97.9 cm³/mol. The fourth-order valence-corrected chi connectivity index (χ4v) is 2.39. The van der Waals surface area contributed by atoms with Crippen molar-refractivity contribution >= 4 is 39.8 Å². The molecule has 2 aromatic rings. The second-order valence-corrected chi connectivity index (χ2v) is 5.95. The molecule has 1 aromatic heterocycles. The number of ether oxygens (including phenoxy) is 1. The molecule has 1 heterocycles. The molecular formula is C18H17BrN2O5. The molecule has 1 aromatic carbocycles. The molecular weight excluding hydrogens is 404 g/mol. The van der Waals surface area contributed by atoms with Crippen LogP contribution in [0.2, 0.25) is 0 Å². The summed E-state index contributed by atoms with van der Waals surface area (Å²) < 4.78 is 10.6. The standard InChI is InChI=1S/C18H17BrN2O5/c1-2-25-16(22)11-20-17(23)14(10-12-5-3-6-13(19)9-12)21-18(24)15-7-4-8-26-15/h3-10H,2,11H2,1H3,(H,20,23)(H,21,24). The molecule has 2 rings (SSSR count). The van der Waals surface area contributed by atoms with Gasteiger partial charge in [-0.3, -0.25) is 14.4 Å². The maximum Gasteiger partial charge on any atom is 0.325 e. The Kier molecular flexibility index (Phi) is 7.16. The van der Waals surface area contributed by atoms with E-state index >= 15 is 0 Å². The van der Waals surface area contributed by atoms with Gasteiger partial charge in [0.05, 0.1) is 12.9 Å². The van der Waals surface area contributed by atoms with Crippen molar-refractivity contribution in [3.63, 3.8) is 0 Å². The molecule has 0 saturated heterocycles. The zero-order valence-electron chi connectivity index (χ0n) is 14.0. The largest absolute Gasteiger partial charge is 0.465 e. The average molecular weight is 421 g/mol. The monoisotopic (exact) mass is 420 g/mol. The van der Waals surface area contributed by atoms with Crippen LogP contribution < -0.4 is 10.6 Å². The lowest BCUT2D eigenvalue weighted by atomic mass is 10.2. The SMILES string of the molecule is CCOC(=O)CNC(=O)C(=Cc1cccc(Br)c1)NC(=O)c1ccco1. The number of halogens is 1. The van der Waals surface area contributed by atoms with Crippen LogP contribution in [0.25, 0.3) is 6.08 Å². The normalized spacial score (nSPS) is 10.9. The molecule has 0 bridgehead atoms. The summed E-state index contributed by atoms with van der Waals surface area (Å²) in [5, 5.41) is 4.91. The van der Waals surface area contributed by atoms with Crippen LogP contribution in [0.15, 0.2) is 57.2 Å². The number of benzene rings is 1. The Morgan fingerprint density at radius 1 is 1.23 bits per heavy atom. The van der Waals surface area contributed by atoms with E-state index in [0.29, 0.717) is 5.56 Å². The summed E-state index contributed by atoms with van der Waals surface area (Å²) in [7, 11) is 0. The highest BCUT2D eigenvalue weighted by molar-refractivity contribution is 9.10. The van der Waals surface area contributed by atoms with Gasteiger partial charge >= 0.3 is 5.97 Å². The van der Waals surface area contributed by atoms with Gasteiger partial charge in [-0.1, -0.05) is 28.1 Å². The van der Waals surface area contributed by atoms with Crippen molar-refractivity contribution in [2.75, 3.05) is 13.2 Å². The second-order valence-electron chi connectivity index (χ2n) is 5.03. The number of amides is 2. The minimum absolute atomic E-state index is 0.0335. The van der Waals surface area contributed by atoms with E-state index in [1.807, 2.05) is 6.07 Å². The van der Waals surface area contributed by atoms with Gasteiger partial charge in [-0.2, -0.15) is 0 Å². The van der Waals surface area contributed by atoms with E-state index in [1.54, 1.807) is 31.2 Å². The van der Waals surface area contributed by atoms with Gasteiger partial charge in [-0.15, -0.1) is 0 Å². The first kappa shape index (κ1) is 19.5. The van der Waals surface area contributed by atoms with Crippen LogP contribution in [0, 0.1) is 0 Å². The molecule has 0 atom stereocenters. The minimum Gasteiger partial charge on any atom is -0.465 e. The van der Waals surface area contributed by atoms with Crippen LogP contribution in [0.3, 0.4) is 0 Å². The van der Waals surface area contributed by atoms with E-state index in [4.69, 9.17) is 9.15 Å². The van der Waals surface area contributed by atoms with E-state index in [1.165, 1.54) is 18.4 Å². The fourth-order valence-electron chi connectivity index (χ4n) is 1.97. The highest BCUT2D eigenvalue weighted by Gasteiger charge is 2.17. The van der Waals surface area contributed by atoms with Gasteiger partial charge in [-0.25, -0.2) is 0 Å². The first-order valence-electron chi connectivity index (χ1n) is 7.75. The Morgan fingerprint density at radius 2 is 2.04 bits per heavy atom. The van der Waals surface area contributed by atoms with Crippen LogP contribution in [-0.4, -0.2) is 30.9 Å². The molecule has 2 amide bonds. The molecule has 0 fully saturated rings. The van der Waals surface area contributed by atoms with Crippen molar-refractivity contribution in [1.29, 1.82) is 0 Å². The molecule has 0 aliphatic heterocycles. The van der Waals surface area contributed by atoms with Crippen LogP contribution in [0.4, 0.5) is 0 Å².